The Labute approximate surface area is 156 Å². The normalized spacial score (nSPS) is 17.0. The van der Waals surface area contributed by atoms with Crippen LogP contribution in [0.1, 0.15) is 30.9 Å². The highest BCUT2D eigenvalue weighted by molar-refractivity contribution is 5.76. The van der Waals surface area contributed by atoms with Crippen LogP contribution >= 0.6 is 0 Å². The number of hydrogen-bond acceptors (Lipinski definition) is 5. The number of hydrogen-bond donors (Lipinski definition) is 0. The van der Waals surface area contributed by atoms with Gasteiger partial charge in [0.2, 0.25) is 5.91 Å². The third kappa shape index (κ3) is 3.67. The summed E-state index contributed by atoms with van der Waals surface area (Å²) in [5, 5.41) is 4.30. The lowest BCUT2D eigenvalue weighted by molar-refractivity contribution is -0.136. The van der Waals surface area contributed by atoms with Crippen molar-refractivity contribution in [2.24, 2.45) is 0 Å². The van der Waals surface area contributed by atoms with Gasteiger partial charge in [0.15, 0.2) is 5.76 Å². The zero-order chi connectivity index (χ0) is 18.6. The summed E-state index contributed by atoms with van der Waals surface area (Å²) in [6, 6.07) is 10.4. The molecule has 7 nitrogen and oxygen atoms in total. The molecule has 138 valence electrons. The number of likely N-dealkylation sites (tertiary alicyclic amines) is 1. The monoisotopic (exact) mass is 364 g/mol. The molecule has 0 radical (unpaired) electrons. The van der Waals surface area contributed by atoms with Crippen molar-refractivity contribution in [2.45, 2.75) is 31.8 Å². The fourth-order valence-corrected chi connectivity index (χ4v) is 3.49. The topological polar surface area (TPSA) is 81.2 Å². The number of rotatable bonds is 4. The number of piperidine rings is 1. The molecule has 1 amide bonds. The molecule has 27 heavy (non-hydrogen) atoms. The molecule has 7 heteroatoms. The molecule has 0 aromatic carbocycles. The SMILES string of the molecule is O=C(Cn1nc(-c2ccco2)ccc1=O)N1CCCCC1c1cccnc1. The third-order valence-electron chi connectivity index (χ3n) is 4.82. The molecule has 1 unspecified atom stereocenters. The van der Waals surface area contributed by atoms with E-state index in [4.69, 9.17) is 4.42 Å². The second kappa shape index (κ2) is 7.57. The Morgan fingerprint density at radius 2 is 2.11 bits per heavy atom. The molecule has 1 aliphatic rings. The Bertz CT molecular complexity index is 966. The van der Waals surface area contributed by atoms with Crippen LogP contribution in [0.2, 0.25) is 0 Å². The predicted molar refractivity (Wildman–Crippen MR) is 98.7 cm³/mol. The summed E-state index contributed by atoms with van der Waals surface area (Å²) in [5.74, 6) is 0.442. The number of furan rings is 1. The highest BCUT2D eigenvalue weighted by atomic mass is 16.3. The minimum Gasteiger partial charge on any atom is -0.463 e. The second-order valence-electron chi connectivity index (χ2n) is 6.58. The molecule has 0 spiro atoms. The Balaban J connectivity index is 1.58. The molecule has 0 N–H and O–H groups in total. The van der Waals surface area contributed by atoms with Crippen molar-refractivity contribution in [1.29, 1.82) is 0 Å². The van der Waals surface area contributed by atoms with E-state index in [1.54, 1.807) is 36.9 Å². The van der Waals surface area contributed by atoms with Crippen molar-refractivity contribution in [2.75, 3.05) is 6.54 Å². The molecule has 4 heterocycles. The predicted octanol–water partition coefficient (Wildman–Crippen LogP) is 2.65. The molecule has 3 aromatic rings. The van der Waals surface area contributed by atoms with Crippen LogP contribution in [0.3, 0.4) is 0 Å². The van der Waals surface area contributed by atoms with Crippen LogP contribution in [0.5, 0.6) is 0 Å². The summed E-state index contributed by atoms with van der Waals surface area (Å²) in [6.07, 6.45) is 7.99. The van der Waals surface area contributed by atoms with Crippen LogP contribution in [0.15, 0.2) is 64.3 Å². The van der Waals surface area contributed by atoms with Crippen LogP contribution in [0.4, 0.5) is 0 Å². The molecule has 0 saturated carbocycles. The zero-order valence-electron chi connectivity index (χ0n) is 14.8. The Morgan fingerprint density at radius 1 is 1.19 bits per heavy atom. The van der Waals surface area contributed by atoms with E-state index < -0.39 is 0 Å². The van der Waals surface area contributed by atoms with Gasteiger partial charge in [0, 0.05) is 25.0 Å². The quantitative estimate of drug-likeness (QED) is 0.711. The molecular weight excluding hydrogens is 344 g/mol. The lowest BCUT2D eigenvalue weighted by Crippen LogP contribution is -2.42. The Kier molecular flexibility index (Phi) is 4.82. The zero-order valence-corrected chi connectivity index (χ0v) is 14.8. The maximum Gasteiger partial charge on any atom is 0.267 e. The van der Waals surface area contributed by atoms with E-state index in [1.807, 2.05) is 17.0 Å². The standard InChI is InChI=1S/C20H20N4O3/c25-19-9-8-16(18-7-4-12-27-18)22-24(19)14-20(26)23-11-2-1-6-17(23)15-5-3-10-21-13-15/h3-5,7-10,12-13,17H,1-2,6,11,14H2. The maximum absolute atomic E-state index is 13.0. The van der Waals surface area contributed by atoms with Crippen LogP contribution in [0, 0.1) is 0 Å². The molecule has 0 aliphatic carbocycles. The molecule has 1 atom stereocenters. The van der Waals surface area contributed by atoms with Crippen LogP contribution in [-0.2, 0) is 11.3 Å². The molecular formula is C20H20N4O3. The van der Waals surface area contributed by atoms with Crippen LogP contribution in [0.25, 0.3) is 11.5 Å². The number of amides is 1. The summed E-state index contributed by atoms with van der Waals surface area (Å²) in [7, 11) is 0. The van der Waals surface area contributed by atoms with Crippen LogP contribution in [-0.4, -0.2) is 32.1 Å². The van der Waals surface area contributed by atoms with Crippen molar-refractivity contribution in [3.05, 3.63) is 71.0 Å². The minimum absolute atomic E-state index is 0.0103. The van der Waals surface area contributed by atoms with Gasteiger partial charge in [-0.15, -0.1) is 0 Å². The minimum atomic E-state index is -0.311. The number of pyridine rings is 1. The van der Waals surface area contributed by atoms with Gasteiger partial charge in [-0.2, -0.15) is 5.10 Å². The second-order valence-corrected chi connectivity index (χ2v) is 6.58. The van der Waals surface area contributed by atoms with Gasteiger partial charge >= 0.3 is 0 Å². The van der Waals surface area contributed by atoms with E-state index in [-0.39, 0.29) is 24.1 Å². The van der Waals surface area contributed by atoms with Gasteiger partial charge in [-0.1, -0.05) is 6.07 Å². The van der Waals surface area contributed by atoms with Crippen molar-refractivity contribution in [3.8, 4) is 11.5 Å². The van der Waals surface area contributed by atoms with Gasteiger partial charge in [0.1, 0.15) is 12.2 Å². The first-order chi connectivity index (χ1) is 13.2. The summed E-state index contributed by atoms with van der Waals surface area (Å²) in [5.41, 5.74) is 1.23. The smallest absolute Gasteiger partial charge is 0.267 e. The summed E-state index contributed by atoms with van der Waals surface area (Å²) in [6.45, 7) is 0.579. The van der Waals surface area contributed by atoms with E-state index in [9.17, 15) is 9.59 Å². The van der Waals surface area contributed by atoms with Gasteiger partial charge in [-0.05, 0) is 49.1 Å². The van der Waals surface area contributed by atoms with E-state index in [2.05, 4.69) is 10.1 Å². The van der Waals surface area contributed by atoms with E-state index in [0.29, 0.717) is 18.0 Å². The first-order valence-electron chi connectivity index (χ1n) is 9.04. The molecule has 0 bridgehead atoms. The average Bonchev–Trinajstić information content (AvgIpc) is 3.25. The van der Waals surface area contributed by atoms with Crippen molar-refractivity contribution in [1.82, 2.24) is 19.7 Å². The largest absolute Gasteiger partial charge is 0.463 e. The summed E-state index contributed by atoms with van der Waals surface area (Å²) >= 11 is 0. The molecule has 1 saturated heterocycles. The van der Waals surface area contributed by atoms with Crippen molar-refractivity contribution >= 4 is 5.91 Å². The van der Waals surface area contributed by atoms with Crippen molar-refractivity contribution in [3.63, 3.8) is 0 Å². The maximum atomic E-state index is 13.0. The van der Waals surface area contributed by atoms with Crippen LogP contribution < -0.4 is 5.56 Å². The average molecular weight is 364 g/mol. The van der Waals surface area contributed by atoms with Gasteiger partial charge in [0.25, 0.3) is 5.56 Å². The third-order valence-corrected chi connectivity index (χ3v) is 4.82. The fraction of sp³-hybridized carbons (Fsp3) is 0.300. The van der Waals surface area contributed by atoms with Crippen molar-refractivity contribution < 1.29 is 9.21 Å². The first-order valence-corrected chi connectivity index (χ1v) is 9.04. The number of carbonyl (C=O) groups is 1. The highest BCUT2D eigenvalue weighted by Crippen LogP contribution is 2.30. The van der Waals surface area contributed by atoms with E-state index >= 15 is 0 Å². The fourth-order valence-electron chi connectivity index (χ4n) is 3.49. The summed E-state index contributed by atoms with van der Waals surface area (Å²) < 4.78 is 6.53. The lowest BCUT2D eigenvalue weighted by atomic mass is 9.96. The van der Waals surface area contributed by atoms with Gasteiger partial charge < -0.3 is 9.32 Å². The van der Waals surface area contributed by atoms with Gasteiger partial charge in [-0.3, -0.25) is 14.6 Å². The lowest BCUT2D eigenvalue weighted by Gasteiger charge is -2.36. The van der Waals surface area contributed by atoms with E-state index in [0.717, 1.165) is 24.8 Å². The van der Waals surface area contributed by atoms with Gasteiger partial charge in [-0.25, -0.2) is 4.68 Å². The number of aromatic nitrogens is 3. The Hall–Kier alpha value is -3.22. The Morgan fingerprint density at radius 3 is 2.89 bits per heavy atom. The molecule has 4 rings (SSSR count). The van der Waals surface area contributed by atoms with Gasteiger partial charge in [0.05, 0.1) is 12.3 Å². The first kappa shape index (κ1) is 17.2. The highest BCUT2D eigenvalue weighted by Gasteiger charge is 2.28. The number of nitrogens with zero attached hydrogens (tertiary/aromatic N) is 4. The van der Waals surface area contributed by atoms with E-state index in [1.165, 1.54) is 10.7 Å². The molecule has 1 aliphatic heterocycles. The summed E-state index contributed by atoms with van der Waals surface area (Å²) in [4.78, 5) is 31.2. The molecule has 1 fully saturated rings. The number of carbonyl (C=O) groups excluding carboxylic acids is 1. The molecule has 3 aromatic heterocycles.